The van der Waals surface area contributed by atoms with Crippen molar-refractivity contribution in [3.63, 3.8) is 0 Å². The van der Waals surface area contributed by atoms with E-state index in [0.717, 1.165) is 5.56 Å². The van der Waals surface area contributed by atoms with Gasteiger partial charge in [-0.25, -0.2) is 6.32 Å². The third-order valence-corrected chi connectivity index (χ3v) is 2.71. The van der Waals surface area contributed by atoms with Gasteiger partial charge in [-0.05, 0) is 26.0 Å². The second-order valence-electron chi connectivity index (χ2n) is 4.08. The second-order valence-corrected chi connectivity index (χ2v) is 4.08. The van der Waals surface area contributed by atoms with Gasteiger partial charge in [-0.1, -0.05) is 30.9 Å². The van der Waals surface area contributed by atoms with E-state index in [1.165, 1.54) is 35.8 Å². The van der Waals surface area contributed by atoms with Crippen LogP contribution >= 0.6 is 0 Å². The van der Waals surface area contributed by atoms with Crippen molar-refractivity contribution < 1.29 is 5.41 Å². The molecule has 0 heterocycles. The van der Waals surface area contributed by atoms with Crippen LogP contribution in [0, 0.1) is 13.8 Å². The van der Waals surface area contributed by atoms with Gasteiger partial charge in [-0.15, -0.1) is 0 Å². The van der Waals surface area contributed by atoms with Crippen LogP contribution in [-0.4, -0.2) is 13.5 Å². The van der Waals surface area contributed by atoms with Crippen molar-refractivity contribution in [1.29, 1.82) is 0 Å². The minimum absolute atomic E-state index is 1.11. The van der Waals surface area contributed by atoms with Gasteiger partial charge in [0.1, 0.15) is 0 Å². The lowest BCUT2D eigenvalue weighted by Gasteiger charge is -2.22. The van der Waals surface area contributed by atoms with Crippen molar-refractivity contribution in [3.8, 4) is 0 Å². The molecule has 0 bridgehead atoms. The van der Waals surface area contributed by atoms with E-state index in [4.69, 9.17) is 5.41 Å². The van der Waals surface area contributed by atoms with Crippen LogP contribution in [-0.2, 0) is 0 Å². The maximum absolute atomic E-state index is 5.52. The zero-order valence-electron chi connectivity index (χ0n) is 10.0. The maximum atomic E-state index is 5.52. The first-order valence-corrected chi connectivity index (χ1v) is 5.68. The van der Waals surface area contributed by atoms with E-state index >= 15 is 0 Å². The SMILES string of the molecule is CCCC[B-]c1c(C)cc(C=[NH2+])cc1C. The van der Waals surface area contributed by atoms with Crippen molar-refractivity contribution in [2.24, 2.45) is 0 Å². The Morgan fingerprint density at radius 3 is 2.33 bits per heavy atom. The maximum Gasteiger partial charge on any atom is 0.167 e. The average molecular weight is 201 g/mol. The molecular formula is C13H20BN. The molecule has 0 aromatic heterocycles. The molecule has 0 aliphatic heterocycles. The van der Waals surface area contributed by atoms with Crippen molar-refractivity contribution in [2.75, 3.05) is 0 Å². The summed E-state index contributed by atoms with van der Waals surface area (Å²) in [5.41, 5.74) is 5.14. The molecule has 80 valence electrons. The Bertz CT molecular complexity index is 321. The molecule has 1 nitrogen and oxygen atoms in total. The van der Waals surface area contributed by atoms with Gasteiger partial charge in [0.2, 0.25) is 0 Å². The molecule has 0 fully saturated rings. The normalized spacial score (nSPS) is 10.3. The molecule has 0 amide bonds. The van der Waals surface area contributed by atoms with Crippen molar-refractivity contribution >= 4 is 19.0 Å². The molecule has 1 rings (SSSR count). The van der Waals surface area contributed by atoms with Gasteiger partial charge in [-0.2, -0.15) is 0 Å². The van der Waals surface area contributed by atoms with Gasteiger partial charge in [0, 0.05) is 5.56 Å². The van der Waals surface area contributed by atoms with Gasteiger partial charge in [-0.3, -0.25) is 18.2 Å². The summed E-state index contributed by atoms with van der Waals surface area (Å²) < 4.78 is 0. The third kappa shape index (κ3) is 3.23. The van der Waals surface area contributed by atoms with Crippen LogP contribution in [0.2, 0.25) is 6.32 Å². The molecule has 0 aliphatic carbocycles. The third-order valence-electron chi connectivity index (χ3n) is 2.71. The molecule has 2 heteroatoms. The lowest BCUT2D eigenvalue weighted by atomic mass is 9.62. The molecule has 2 N–H and O–H groups in total. The van der Waals surface area contributed by atoms with Crippen molar-refractivity contribution in [2.45, 2.75) is 39.9 Å². The van der Waals surface area contributed by atoms with E-state index in [0.29, 0.717) is 0 Å². The van der Waals surface area contributed by atoms with Crippen LogP contribution in [0.1, 0.15) is 36.5 Å². The molecule has 0 saturated carbocycles. The summed E-state index contributed by atoms with van der Waals surface area (Å²) in [4.78, 5) is 0. The van der Waals surface area contributed by atoms with E-state index in [1.807, 2.05) is 0 Å². The van der Waals surface area contributed by atoms with E-state index < -0.39 is 0 Å². The number of benzene rings is 1. The second kappa shape index (κ2) is 5.74. The Labute approximate surface area is 93.7 Å². The summed E-state index contributed by atoms with van der Waals surface area (Å²) in [6, 6.07) is 4.29. The average Bonchev–Trinajstić information content (AvgIpc) is 2.22. The monoisotopic (exact) mass is 201 g/mol. The van der Waals surface area contributed by atoms with Gasteiger partial charge in [0.25, 0.3) is 0 Å². The number of hydrogen-bond acceptors (Lipinski definition) is 0. The molecule has 15 heavy (non-hydrogen) atoms. The van der Waals surface area contributed by atoms with Crippen LogP contribution in [0.15, 0.2) is 12.1 Å². The van der Waals surface area contributed by atoms with Crippen LogP contribution in [0.4, 0.5) is 0 Å². The van der Waals surface area contributed by atoms with Gasteiger partial charge < -0.3 is 0 Å². The first-order valence-electron chi connectivity index (χ1n) is 5.68. The summed E-state index contributed by atoms with van der Waals surface area (Å²) in [5.74, 6) is 0. The summed E-state index contributed by atoms with van der Waals surface area (Å²) >= 11 is 0. The summed E-state index contributed by atoms with van der Waals surface area (Å²) in [7, 11) is 2.34. The summed E-state index contributed by atoms with van der Waals surface area (Å²) in [6.45, 7) is 6.52. The van der Waals surface area contributed by atoms with Crippen LogP contribution in [0.3, 0.4) is 0 Å². The Morgan fingerprint density at radius 1 is 1.27 bits per heavy atom. The minimum Gasteiger partial charge on any atom is -0.296 e. The minimum atomic E-state index is 1.11. The Kier molecular flexibility index (Phi) is 4.60. The first kappa shape index (κ1) is 12.0. The van der Waals surface area contributed by atoms with Crippen LogP contribution < -0.4 is 10.9 Å². The van der Waals surface area contributed by atoms with E-state index in [1.54, 1.807) is 6.21 Å². The standard InChI is InChI=1S/C13H19BN/c1-4-5-6-14-13-10(2)7-12(9-15)8-11(13)3/h7-9,15H,4-6H2,1-3H3/q-1/p+1. The zero-order chi connectivity index (χ0) is 11.3. The fourth-order valence-corrected chi connectivity index (χ4v) is 1.88. The van der Waals surface area contributed by atoms with Crippen molar-refractivity contribution in [3.05, 3.63) is 28.8 Å². The van der Waals surface area contributed by atoms with Crippen LogP contribution in [0.5, 0.6) is 0 Å². The molecule has 0 saturated heterocycles. The highest BCUT2D eigenvalue weighted by Gasteiger charge is 1.96. The lowest BCUT2D eigenvalue weighted by molar-refractivity contribution is -0.104. The Hall–Kier alpha value is -1.05. The molecule has 1 aromatic carbocycles. The van der Waals surface area contributed by atoms with Gasteiger partial charge >= 0.3 is 0 Å². The predicted octanol–water partition coefficient (Wildman–Crippen LogP) is 1.03. The smallest absolute Gasteiger partial charge is 0.167 e. The molecule has 2 radical (unpaired) electrons. The molecular weight excluding hydrogens is 181 g/mol. The van der Waals surface area contributed by atoms with E-state index in [-0.39, 0.29) is 0 Å². The van der Waals surface area contributed by atoms with E-state index in [2.05, 4.69) is 40.2 Å². The first-order chi connectivity index (χ1) is 7.19. The Morgan fingerprint density at radius 2 is 1.87 bits per heavy atom. The summed E-state index contributed by atoms with van der Waals surface area (Å²) in [6.07, 6.45) is 5.35. The molecule has 0 unspecified atom stereocenters. The molecule has 1 aromatic rings. The highest BCUT2D eigenvalue weighted by molar-refractivity contribution is 6.54. The Balaban J connectivity index is 2.83. The molecule has 0 spiro atoms. The number of nitrogens with two attached hydrogens (primary N) is 1. The summed E-state index contributed by atoms with van der Waals surface area (Å²) in [5, 5.41) is 5.52. The van der Waals surface area contributed by atoms with Gasteiger partial charge in [0.15, 0.2) is 6.21 Å². The molecule has 0 atom stereocenters. The number of hydrogen-bond donors (Lipinski definition) is 1. The fraction of sp³-hybridized carbons (Fsp3) is 0.462. The van der Waals surface area contributed by atoms with Crippen LogP contribution in [0.25, 0.3) is 0 Å². The van der Waals surface area contributed by atoms with E-state index in [9.17, 15) is 0 Å². The van der Waals surface area contributed by atoms with Crippen molar-refractivity contribution in [1.82, 2.24) is 0 Å². The molecule has 0 aliphatic rings. The quantitative estimate of drug-likeness (QED) is 0.418. The number of unbranched alkanes of at least 4 members (excludes halogenated alkanes) is 1. The fourth-order valence-electron chi connectivity index (χ4n) is 1.88. The predicted molar refractivity (Wildman–Crippen MR) is 68.1 cm³/mol. The zero-order valence-corrected chi connectivity index (χ0v) is 10.0. The highest BCUT2D eigenvalue weighted by atomic mass is 14.3. The number of aryl methyl sites for hydroxylation is 2. The van der Waals surface area contributed by atoms with Gasteiger partial charge in [0.05, 0.1) is 0 Å². The lowest BCUT2D eigenvalue weighted by Crippen LogP contribution is -2.31. The largest absolute Gasteiger partial charge is 0.296 e. The number of rotatable bonds is 5. The topological polar surface area (TPSA) is 25.6 Å². The highest BCUT2D eigenvalue weighted by Crippen LogP contribution is 2.05.